The highest BCUT2D eigenvalue weighted by atomic mass is 35.5. The summed E-state index contributed by atoms with van der Waals surface area (Å²) < 4.78 is 12.6. The number of ether oxygens (including phenoxy) is 1. The molecule has 3 aliphatic heterocycles. The first kappa shape index (κ1) is 18.9. The maximum atomic E-state index is 13.2. The summed E-state index contributed by atoms with van der Waals surface area (Å²) in [6, 6.07) is 7.25. The second-order valence-corrected chi connectivity index (χ2v) is 8.57. The van der Waals surface area contributed by atoms with Gasteiger partial charge in [0.1, 0.15) is 0 Å². The Morgan fingerprint density at radius 1 is 1.10 bits per heavy atom. The number of hydrogen-bond donors (Lipinski definition) is 0. The zero-order valence-corrected chi connectivity index (χ0v) is 16.9. The molecule has 2 aromatic rings. The molecule has 0 unspecified atom stereocenters. The molecule has 0 aliphatic carbocycles. The van der Waals surface area contributed by atoms with Crippen molar-refractivity contribution in [3.63, 3.8) is 0 Å². The molecule has 2 atom stereocenters. The third-order valence-corrected chi connectivity index (χ3v) is 6.46. The maximum absolute atomic E-state index is 13.2. The van der Waals surface area contributed by atoms with Gasteiger partial charge in [-0.05, 0) is 42.1 Å². The molecule has 154 valence electrons. The van der Waals surface area contributed by atoms with Crippen LogP contribution in [0.15, 0.2) is 33.5 Å². The smallest absolute Gasteiger partial charge is 0.289 e. The van der Waals surface area contributed by atoms with Crippen LogP contribution in [0.4, 0.5) is 0 Å². The minimum atomic E-state index is -0.133. The number of carbonyl (C=O) groups is 1. The van der Waals surface area contributed by atoms with Crippen LogP contribution in [0.5, 0.6) is 0 Å². The van der Waals surface area contributed by atoms with Crippen LogP contribution in [0.3, 0.4) is 0 Å². The number of likely N-dealkylation sites (tertiary alicyclic amines) is 1. The predicted octanol–water partition coefficient (Wildman–Crippen LogP) is 2.19. The van der Waals surface area contributed by atoms with Gasteiger partial charge in [-0.3, -0.25) is 14.5 Å². The fourth-order valence-electron chi connectivity index (χ4n) is 4.86. The highest BCUT2D eigenvalue weighted by molar-refractivity contribution is 6.29. The monoisotopic (exact) mass is 417 g/mol. The highest BCUT2D eigenvalue weighted by Crippen LogP contribution is 2.36. The number of piperidine rings is 1. The number of halogens is 1. The molecule has 5 heterocycles. The number of carbonyl (C=O) groups excluding carboxylic acids is 1. The summed E-state index contributed by atoms with van der Waals surface area (Å²) in [6.07, 6.45) is 1.00. The summed E-state index contributed by atoms with van der Waals surface area (Å²) >= 11 is 5.82. The zero-order valence-electron chi connectivity index (χ0n) is 16.2. The van der Waals surface area contributed by atoms with Crippen molar-refractivity contribution in [2.24, 2.45) is 5.92 Å². The summed E-state index contributed by atoms with van der Waals surface area (Å²) in [4.78, 5) is 30.0. The van der Waals surface area contributed by atoms with Crippen LogP contribution in [0.25, 0.3) is 0 Å². The van der Waals surface area contributed by atoms with Gasteiger partial charge in [-0.15, -0.1) is 0 Å². The lowest BCUT2D eigenvalue weighted by Crippen LogP contribution is -2.49. The lowest BCUT2D eigenvalue weighted by molar-refractivity contribution is 0.0338. The van der Waals surface area contributed by atoms with Crippen LogP contribution in [0.2, 0.25) is 5.22 Å². The van der Waals surface area contributed by atoms with Gasteiger partial charge in [-0.2, -0.15) is 0 Å². The quantitative estimate of drug-likeness (QED) is 0.765. The Balaban J connectivity index is 1.37. The van der Waals surface area contributed by atoms with Gasteiger partial charge in [0.25, 0.3) is 11.5 Å². The van der Waals surface area contributed by atoms with Crippen molar-refractivity contribution in [1.82, 2.24) is 14.4 Å². The maximum Gasteiger partial charge on any atom is 0.289 e. The van der Waals surface area contributed by atoms with E-state index in [4.69, 9.17) is 20.8 Å². The van der Waals surface area contributed by atoms with Gasteiger partial charge in [-0.25, -0.2) is 0 Å². The van der Waals surface area contributed by atoms with Gasteiger partial charge < -0.3 is 18.6 Å². The molecule has 5 rings (SSSR count). The van der Waals surface area contributed by atoms with E-state index in [-0.39, 0.29) is 34.3 Å². The van der Waals surface area contributed by atoms with Crippen molar-refractivity contribution >= 4 is 17.5 Å². The number of amides is 1. The molecule has 0 N–H and O–H groups in total. The van der Waals surface area contributed by atoms with E-state index in [2.05, 4.69) is 11.0 Å². The summed E-state index contributed by atoms with van der Waals surface area (Å²) in [5, 5.41) is 0.218. The predicted molar refractivity (Wildman–Crippen MR) is 107 cm³/mol. The van der Waals surface area contributed by atoms with Gasteiger partial charge in [0, 0.05) is 56.4 Å². The first-order chi connectivity index (χ1) is 14.1. The molecule has 1 amide bonds. The minimum Gasteiger partial charge on any atom is -0.440 e. The number of morpholine rings is 1. The van der Waals surface area contributed by atoms with E-state index < -0.39 is 0 Å². The van der Waals surface area contributed by atoms with Crippen molar-refractivity contribution in [2.45, 2.75) is 25.4 Å². The van der Waals surface area contributed by atoms with Crippen molar-refractivity contribution in [1.29, 1.82) is 0 Å². The topological polar surface area (TPSA) is 67.9 Å². The van der Waals surface area contributed by atoms with Crippen molar-refractivity contribution in [3.8, 4) is 0 Å². The first-order valence-corrected chi connectivity index (χ1v) is 10.5. The van der Waals surface area contributed by atoms with E-state index in [1.165, 1.54) is 0 Å². The Morgan fingerprint density at radius 3 is 2.69 bits per heavy atom. The molecule has 0 radical (unpaired) electrons. The van der Waals surface area contributed by atoms with Crippen LogP contribution in [0.1, 0.15) is 34.2 Å². The Kier molecular flexibility index (Phi) is 4.97. The van der Waals surface area contributed by atoms with Crippen molar-refractivity contribution < 1.29 is 13.9 Å². The summed E-state index contributed by atoms with van der Waals surface area (Å²) in [6.45, 7) is 5.72. The van der Waals surface area contributed by atoms with Crippen LogP contribution in [-0.4, -0.2) is 59.7 Å². The third-order valence-electron chi connectivity index (χ3n) is 6.25. The molecule has 0 spiro atoms. The Bertz CT molecular complexity index is 979. The number of furan rings is 1. The molecule has 0 aromatic carbocycles. The molecule has 2 fully saturated rings. The zero-order chi connectivity index (χ0) is 20.0. The average Bonchev–Trinajstić information content (AvgIpc) is 3.17. The minimum absolute atomic E-state index is 0.112. The Labute approximate surface area is 173 Å². The fraction of sp³-hybridized carbons (Fsp3) is 0.524. The largest absolute Gasteiger partial charge is 0.440 e. The van der Waals surface area contributed by atoms with Gasteiger partial charge >= 0.3 is 0 Å². The molecule has 8 heteroatoms. The molecule has 3 aliphatic rings. The summed E-state index contributed by atoms with van der Waals surface area (Å²) in [5.41, 5.74) is 1.99. The van der Waals surface area contributed by atoms with E-state index >= 15 is 0 Å². The standard InChI is InChI=1S/C21H24ClN3O4/c22-19-4-3-18(29-19)21(27)24-10-14-9-16(13-24)17-2-1-15(20(26)25(17)11-14)12-23-5-7-28-8-6-23/h1-4,14,16H,5-13H2/t14-,16+/m0/s1. The Hall–Kier alpha value is -2.09. The number of rotatable bonds is 3. The van der Waals surface area contributed by atoms with Gasteiger partial charge in [0.2, 0.25) is 0 Å². The molecular weight excluding hydrogens is 394 g/mol. The van der Waals surface area contributed by atoms with Crippen LogP contribution < -0.4 is 5.56 Å². The lowest BCUT2D eigenvalue weighted by Gasteiger charge is -2.42. The summed E-state index contributed by atoms with van der Waals surface area (Å²) in [7, 11) is 0. The molecule has 7 nitrogen and oxygen atoms in total. The normalized spacial score (nSPS) is 24.4. The fourth-order valence-corrected chi connectivity index (χ4v) is 5.01. The summed E-state index contributed by atoms with van der Waals surface area (Å²) in [5.74, 6) is 0.577. The van der Waals surface area contributed by atoms with E-state index in [0.29, 0.717) is 26.2 Å². The number of fused-ring (bicyclic) bond motifs is 4. The van der Waals surface area contributed by atoms with Crippen LogP contribution in [0, 0.1) is 5.92 Å². The molecular formula is C21H24ClN3O4. The SMILES string of the molecule is O=C(c1ccc(Cl)o1)N1C[C@@H]2C[C@H](C1)c1ccc(CN3CCOCC3)c(=O)n1C2. The molecule has 29 heavy (non-hydrogen) atoms. The first-order valence-electron chi connectivity index (χ1n) is 10.2. The number of hydrogen-bond acceptors (Lipinski definition) is 5. The Morgan fingerprint density at radius 2 is 1.93 bits per heavy atom. The second-order valence-electron chi connectivity index (χ2n) is 8.20. The van der Waals surface area contributed by atoms with E-state index in [9.17, 15) is 9.59 Å². The average molecular weight is 418 g/mol. The van der Waals surface area contributed by atoms with Gasteiger partial charge in [-0.1, -0.05) is 6.07 Å². The molecule has 2 bridgehead atoms. The third kappa shape index (κ3) is 3.63. The van der Waals surface area contributed by atoms with E-state index in [0.717, 1.165) is 44.0 Å². The second kappa shape index (κ2) is 7.63. The van der Waals surface area contributed by atoms with Crippen LogP contribution in [-0.2, 0) is 17.8 Å². The van der Waals surface area contributed by atoms with E-state index in [1.807, 2.05) is 15.5 Å². The number of aromatic nitrogens is 1. The molecule has 0 saturated carbocycles. The van der Waals surface area contributed by atoms with Crippen LogP contribution >= 0.6 is 11.6 Å². The number of nitrogens with zero attached hydrogens (tertiary/aromatic N) is 3. The lowest BCUT2D eigenvalue weighted by atomic mass is 9.83. The van der Waals surface area contributed by atoms with Crippen molar-refractivity contribution in [3.05, 3.63) is 56.9 Å². The number of pyridine rings is 1. The highest BCUT2D eigenvalue weighted by Gasteiger charge is 2.37. The van der Waals surface area contributed by atoms with Gasteiger partial charge in [0.05, 0.1) is 13.2 Å². The van der Waals surface area contributed by atoms with Crippen molar-refractivity contribution in [2.75, 3.05) is 39.4 Å². The van der Waals surface area contributed by atoms with E-state index in [1.54, 1.807) is 12.1 Å². The van der Waals surface area contributed by atoms with Gasteiger partial charge in [0.15, 0.2) is 11.0 Å². The molecule has 2 aromatic heterocycles. The molecule has 2 saturated heterocycles.